The van der Waals surface area contributed by atoms with Gasteiger partial charge in [0.2, 0.25) is 10.4 Å². The molecule has 2 rings (SSSR count). The van der Waals surface area contributed by atoms with E-state index in [-0.39, 0.29) is 21.2 Å². The lowest BCUT2D eigenvalue weighted by Gasteiger charge is -2.02. The van der Waals surface area contributed by atoms with Crippen molar-refractivity contribution in [3.63, 3.8) is 0 Å². The monoisotopic (exact) mass is 420 g/mol. The van der Waals surface area contributed by atoms with Gasteiger partial charge in [-0.1, -0.05) is 44.2 Å². The minimum atomic E-state index is -4.92. The molecule has 0 fully saturated rings. The normalized spacial score (nSPS) is 10.9. The Labute approximate surface area is 136 Å². The van der Waals surface area contributed by atoms with Crippen molar-refractivity contribution in [1.82, 2.24) is 0 Å². The summed E-state index contributed by atoms with van der Waals surface area (Å²) in [4.78, 5) is 0. The molecule has 0 spiro atoms. The molecule has 2 aromatic carbocycles. The van der Waals surface area contributed by atoms with Crippen molar-refractivity contribution in [3.05, 3.63) is 67.3 Å². The fourth-order valence-electron chi connectivity index (χ4n) is 1.51. The predicted octanol–water partition coefficient (Wildman–Crippen LogP) is -0.0570. The van der Waals surface area contributed by atoms with E-state index in [0.29, 0.717) is 5.92 Å². The van der Waals surface area contributed by atoms with Gasteiger partial charge in [-0.2, -0.15) is 0 Å². The molecule has 0 unspecified atom stereocenters. The summed E-state index contributed by atoms with van der Waals surface area (Å²) in [5.41, 5.74) is 1.43. The van der Waals surface area contributed by atoms with Crippen LogP contribution in [-0.2, 0) is 10.4 Å². The van der Waals surface area contributed by atoms with Gasteiger partial charge in [0.25, 0.3) is 0 Å². The molecule has 6 heteroatoms. The van der Waals surface area contributed by atoms with E-state index in [1.165, 1.54) is 12.7 Å². The van der Waals surface area contributed by atoms with E-state index in [0.717, 1.165) is 0 Å². The summed E-state index contributed by atoms with van der Waals surface area (Å²) in [7, 11) is -4.92. The van der Waals surface area contributed by atoms with Gasteiger partial charge in [0.05, 0.1) is 0 Å². The zero-order valence-electron chi connectivity index (χ0n) is 11.7. The SMILES string of the molecule is CC(C)c1ccc([I+]c2ccccc2)cc1.O=S(=O)([O-])O. The van der Waals surface area contributed by atoms with Crippen LogP contribution in [0.15, 0.2) is 54.6 Å². The van der Waals surface area contributed by atoms with Crippen molar-refractivity contribution in [2.75, 3.05) is 0 Å². The number of hydrogen-bond acceptors (Lipinski definition) is 3. The van der Waals surface area contributed by atoms with Crippen LogP contribution >= 0.6 is 0 Å². The molecular formula is C15H17IO4S. The zero-order valence-corrected chi connectivity index (χ0v) is 14.7. The van der Waals surface area contributed by atoms with Crippen LogP contribution in [0.3, 0.4) is 0 Å². The second-order valence-corrected chi connectivity index (χ2v) is 8.41. The number of halogens is 1. The molecule has 2 aromatic rings. The predicted molar refractivity (Wildman–Crippen MR) is 76.7 cm³/mol. The van der Waals surface area contributed by atoms with Crippen LogP contribution in [-0.4, -0.2) is 17.5 Å². The summed E-state index contributed by atoms with van der Waals surface area (Å²) in [6, 6.07) is 19.9. The topological polar surface area (TPSA) is 77.4 Å². The van der Waals surface area contributed by atoms with Gasteiger partial charge in [-0.05, 0) is 35.7 Å². The fraction of sp³-hybridized carbons (Fsp3) is 0.200. The van der Waals surface area contributed by atoms with E-state index >= 15 is 0 Å². The molecule has 0 heterocycles. The third-order valence-corrected chi connectivity index (χ3v) is 5.17. The quantitative estimate of drug-likeness (QED) is 0.429. The lowest BCUT2D eigenvalue weighted by molar-refractivity contribution is -0.597. The van der Waals surface area contributed by atoms with Gasteiger partial charge in [0.15, 0.2) is 7.14 Å². The van der Waals surface area contributed by atoms with Crippen molar-refractivity contribution in [2.24, 2.45) is 0 Å². The summed E-state index contributed by atoms with van der Waals surface area (Å²) in [6.07, 6.45) is 0. The molecule has 21 heavy (non-hydrogen) atoms. The Kier molecular flexibility index (Phi) is 7.30. The summed E-state index contributed by atoms with van der Waals surface area (Å²) in [6.45, 7) is 4.47. The van der Waals surface area contributed by atoms with Crippen LogP contribution in [0.5, 0.6) is 0 Å². The standard InChI is InChI=1S/C15H16I.H2O4S/c1-12(2)13-8-10-15(11-9-13)16-14-6-4-3-5-7-14;1-5(2,3)4/h3-12H,1-2H3;(H2,1,2,3,4)/q+1;/p-1. The van der Waals surface area contributed by atoms with E-state index in [2.05, 4.69) is 68.4 Å². The van der Waals surface area contributed by atoms with Crippen molar-refractivity contribution in [2.45, 2.75) is 19.8 Å². The van der Waals surface area contributed by atoms with Crippen molar-refractivity contribution in [1.29, 1.82) is 0 Å². The molecule has 0 atom stereocenters. The van der Waals surface area contributed by atoms with Gasteiger partial charge in [-0.3, -0.25) is 4.55 Å². The molecule has 0 saturated carbocycles. The van der Waals surface area contributed by atoms with Crippen LogP contribution in [0.4, 0.5) is 0 Å². The highest BCUT2D eigenvalue weighted by molar-refractivity contribution is 7.79. The largest absolute Gasteiger partial charge is 0.726 e. The van der Waals surface area contributed by atoms with Crippen molar-refractivity contribution >= 4 is 10.4 Å². The van der Waals surface area contributed by atoms with Gasteiger partial charge >= 0.3 is 21.2 Å². The van der Waals surface area contributed by atoms with Crippen LogP contribution < -0.4 is 21.2 Å². The molecule has 0 aliphatic rings. The Balaban J connectivity index is 0.000000383. The van der Waals surface area contributed by atoms with Crippen LogP contribution in [0.2, 0.25) is 0 Å². The number of benzene rings is 2. The van der Waals surface area contributed by atoms with E-state index < -0.39 is 10.4 Å². The van der Waals surface area contributed by atoms with E-state index in [1.807, 2.05) is 0 Å². The Hall–Kier alpha value is -0.960. The lowest BCUT2D eigenvalue weighted by Crippen LogP contribution is -3.61. The zero-order chi connectivity index (χ0) is 15.9. The second-order valence-electron chi connectivity index (χ2n) is 4.52. The number of rotatable bonds is 3. The molecule has 0 aromatic heterocycles. The fourth-order valence-corrected chi connectivity index (χ4v) is 3.73. The van der Waals surface area contributed by atoms with Gasteiger partial charge < -0.3 is 4.55 Å². The van der Waals surface area contributed by atoms with Crippen LogP contribution in [0.25, 0.3) is 0 Å². The molecule has 114 valence electrons. The Morgan fingerprint density at radius 1 is 0.952 bits per heavy atom. The third kappa shape index (κ3) is 8.82. The van der Waals surface area contributed by atoms with Crippen molar-refractivity contribution < 1.29 is 38.7 Å². The Morgan fingerprint density at radius 2 is 1.38 bits per heavy atom. The van der Waals surface area contributed by atoms with E-state index in [4.69, 9.17) is 17.5 Å². The van der Waals surface area contributed by atoms with Crippen molar-refractivity contribution in [3.8, 4) is 0 Å². The van der Waals surface area contributed by atoms with Gasteiger partial charge in [-0.25, -0.2) is 8.42 Å². The second kappa shape index (κ2) is 8.47. The molecule has 4 nitrogen and oxygen atoms in total. The highest BCUT2D eigenvalue weighted by Crippen LogP contribution is 2.11. The molecule has 0 aliphatic carbocycles. The van der Waals surface area contributed by atoms with Crippen LogP contribution in [0, 0.1) is 7.14 Å². The third-order valence-electron chi connectivity index (χ3n) is 2.49. The smallest absolute Gasteiger partial charge is 0.357 e. The van der Waals surface area contributed by atoms with Crippen LogP contribution in [0.1, 0.15) is 25.3 Å². The maximum atomic E-state index is 8.63. The van der Waals surface area contributed by atoms with Gasteiger partial charge in [0, 0.05) is 0 Å². The summed E-state index contributed by atoms with van der Waals surface area (Å²) in [5.74, 6) is 0.629. The molecular weight excluding hydrogens is 403 g/mol. The lowest BCUT2D eigenvalue weighted by atomic mass is 10.0. The first-order valence-electron chi connectivity index (χ1n) is 6.24. The summed E-state index contributed by atoms with van der Waals surface area (Å²) in [5, 5.41) is 0. The highest BCUT2D eigenvalue weighted by atomic mass is 127. The average molecular weight is 420 g/mol. The first-order valence-corrected chi connectivity index (χ1v) is 9.76. The van der Waals surface area contributed by atoms with Gasteiger partial charge in [-0.15, -0.1) is 0 Å². The Morgan fingerprint density at radius 3 is 1.81 bits per heavy atom. The van der Waals surface area contributed by atoms with Gasteiger partial charge in [0.1, 0.15) is 0 Å². The minimum Gasteiger partial charge on any atom is -0.726 e. The maximum absolute atomic E-state index is 8.63. The highest BCUT2D eigenvalue weighted by Gasteiger charge is 2.14. The van der Waals surface area contributed by atoms with E-state index in [1.54, 1.807) is 0 Å². The molecule has 0 bridgehead atoms. The minimum absolute atomic E-state index is 0.00394. The summed E-state index contributed by atoms with van der Waals surface area (Å²) < 4.78 is 35.8. The number of hydrogen-bond donors (Lipinski definition) is 1. The molecule has 0 aliphatic heterocycles. The average Bonchev–Trinajstić information content (AvgIpc) is 2.38. The molecule has 1 N–H and O–H groups in total. The van der Waals surface area contributed by atoms with E-state index in [9.17, 15) is 0 Å². The summed E-state index contributed by atoms with van der Waals surface area (Å²) >= 11 is -0.00394. The maximum Gasteiger partial charge on any atom is 0.357 e. The first kappa shape index (κ1) is 18.1. The first-order chi connectivity index (χ1) is 9.75. The molecule has 0 saturated heterocycles. The Bertz CT molecular complexity index is 629. The molecule has 0 amide bonds. The molecule has 0 radical (unpaired) electrons.